The lowest BCUT2D eigenvalue weighted by molar-refractivity contribution is 0.0551. The predicted molar refractivity (Wildman–Crippen MR) is 115 cm³/mol. The molecule has 1 amide bonds. The second kappa shape index (κ2) is 8.26. The lowest BCUT2D eigenvalue weighted by Gasteiger charge is -2.37. The highest BCUT2D eigenvalue weighted by molar-refractivity contribution is 5.92. The van der Waals surface area contributed by atoms with Crippen LogP contribution in [0.4, 0.5) is 10.2 Å². The fourth-order valence-corrected chi connectivity index (χ4v) is 3.63. The third kappa shape index (κ3) is 4.06. The molecule has 1 aliphatic rings. The molecule has 0 saturated heterocycles. The van der Waals surface area contributed by atoms with E-state index in [0.717, 1.165) is 30.6 Å². The van der Waals surface area contributed by atoms with Crippen molar-refractivity contribution in [3.8, 4) is 11.1 Å². The highest BCUT2D eigenvalue weighted by Crippen LogP contribution is 2.30. The number of carbonyl (C=O) groups excluding carboxylic acids is 1. The summed E-state index contributed by atoms with van der Waals surface area (Å²) < 4.78 is 16.4. The number of halogens is 1. The van der Waals surface area contributed by atoms with Crippen LogP contribution in [0.15, 0.2) is 49.1 Å². The summed E-state index contributed by atoms with van der Waals surface area (Å²) in [5.74, 6) is 0.431. The number of nitrogens with zero attached hydrogens (tertiary/aromatic N) is 5. The van der Waals surface area contributed by atoms with Gasteiger partial charge in [-0.1, -0.05) is 6.07 Å². The van der Waals surface area contributed by atoms with E-state index >= 15 is 0 Å². The van der Waals surface area contributed by atoms with E-state index in [9.17, 15) is 9.18 Å². The van der Waals surface area contributed by atoms with E-state index in [4.69, 9.17) is 0 Å². The SMILES string of the molecule is CN(C)c1ccc(-c2cc(CN(C(=O)c3cn(C)cn3)C3CCC3)ccc2F)cn1. The number of amides is 1. The van der Waals surface area contributed by atoms with Crippen molar-refractivity contribution < 1.29 is 9.18 Å². The molecule has 1 fully saturated rings. The van der Waals surface area contributed by atoms with Crippen LogP contribution in [-0.2, 0) is 13.6 Å². The molecule has 0 aliphatic heterocycles. The summed E-state index contributed by atoms with van der Waals surface area (Å²) in [6, 6.07) is 8.97. The smallest absolute Gasteiger partial charge is 0.274 e. The number of pyridine rings is 1. The molecule has 7 heteroatoms. The van der Waals surface area contributed by atoms with Gasteiger partial charge in [-0.15, -0.1) is 0 Å². The first-order valence-electron chi connectivity index (χ1n) is 10.1. The minimum absolute atomic E-state index is 0.0804. The number of hydrogen-bond donors (Lipinski definition) is 0. The lowest BCUT2D eigenvalue weighted by atomic mass is 9.90. The van der Waals surface area contributed by atoms with Crippen LogP contribution in [0.25, 0.3) is 11.1 Å². The van der Waals surface area contributed by atoms with E-state index in [-0.39, 0.29) is 17.8 Å². The summed E-state index contributed by atoms with van der Waals surface area (Å²) in [6.45, 7) is 0.427. The van der Waals surface area contributed by atoms with E-state index in [0.29, 0.717) is 23.4 Å². The van der Waals surface area contributed by atoms with E-state index in [1.54, 1.807) is 29.4 Å². The van der Waals surface area contributed by atoms with Crippen molar-refractivity contribution in [1.82, 2.24) is 19.4 Å². The van der Waals surface area contributed by atoms with Crippen molar-refractivity contribution in [2.45, 2.75) is 31.8 Å². The molecule has 2 aromatic heterocycles. The van der Waals surface area contributed by atoms with Crippen LogP contribution in [0.1, 0.15) is 35.3 Å². The Kier molecular flexibility index (Phi) is 5.53. The average Bonchev–Trinajstić information content (AvgIpc) is 3.13. The zero-order valence-corrected chi connectivity index (χ0v) is 17.5. The van der Waals surface area contributed by atoms with Crippen LogP contribution in [0, 0.1) is 5.82 Å². The first-order valence-corrected chi connectivity index (χ1v) is 10.1. The number of rotatable bonds is 6. The molecule has 3 aromatic rings. The van der Waals surface area contributed by atoms with Crippen LogP contribution >= 0.6 is 0 Å². The summed E-state index contributed by atoms with van der Waals surface area (Å²) in [6.07, 6.45) is 8.15. The molecular weight excluding hydrogens is 381 g/mol. The number of carbonyl (C=O) groups is 1. The zero-order chi connectivity index (χ0) is 21.3. The van der Waals surface area contributed by atoms with Gasteiger partial charge in [-0.2, -0.15) is 0 Å². The molecule has 4 rings (SSSR count). The monoisotopic (exact) mass is 407 g/mol. The number of aryl methyl sites for hydroxylation is 1. The molecule has 0 spiro atoms. The predicted octanol–water partition coefficient (Wildman–Crippen LogP) is 3.88. The first kappa shape index (κ1) is 20.1. The van der Waals surface area contributed by atoms with Crippen LogP contribution in [-0.4, -0.2) is 45.5 Å². The molecule has 1 saturated carbocycles. The van der Waals surface area contributed by atoms with Crippen molar-refractivity contribution in [2.24, 2.45) is 7.05 Å². The molecule has 0 radical (unpaired) electrons. The van der Waals surface area contributed by atoms with Crippen molar-refractivity contribution >= 4 is 11.7 Å². The molecule has 2 heterocycles. The minimum Gasteiger partial charge on any atom is -0.363 e. The van der Waals surface area contributed by atoms with E-state index in [1.165, 1.54) is 6.07 Å². The number of anilines is 1. The van der Waals surface area contributed by atoms with Gasteiger partial charge >= 0.3 is 0 Å². The lowest BCUT2D eigenvalue weighted by Crippen LogP contribution is -2.43. The van der Waals surface area contributed by atoms with Gasteiger partial charge in [0, 0.05) is 57.3 Å². The largest absolute Gasteiger partial charge is 0.363 e. The Hall–Kier alpha value is -3.22. The topological polar surface area (TPSA) is 54.3 Å². The van der Waals surface area contributed by atoms with Crippen LogP contribution in [0.5, 0.6) is 0 Å². The van der Waals surface area contributed by atoms with Gasteiger partial charge in [0.1, 0.15) is 17.3 Å². The third-order valence-corrected chi connectivity index (χ3v) is 5.60. The molecule has 1 aromatic carbocycles. The quantitative estimate of drug-likeness (QED) is 0.622. The summed E-state index contributed by atoms with van der Waals surface area (Å²) >= 11 is 0. The van der Waals surface area contributed by atoms with Gasteiger partial charge in [-0.05, 0) is 49.1 Å². The number of aromatic nitrogens is 3. The zero-order valence-electron chi connectivity index (χ0n) is 17.5. The summed E-state index contributed by atoms with van der Waals surface area (Å²) in [4.78, 5) is 25.5. The Morgan fingerprint density at radius 2 is 2.00 bits per heavy atom. The van der Waals surface area contributed by atoms with Crippen molar-refractivity contribution in [2.75, 3.05) is 19.0 Å². The molecule has 6 nitrogen and oxygen atoms in total. The molecule has 156 valence electrons. The second-order valence-corrected chi connectivity index (χ2v) is 8.06. The summed E-state index contributed by atoms with van der Waals surface area (Å²) in [5, 5.41) is 0. The normalized spacial score (nSPS) is 13.7. The average molecular weight is 407 g/mol. The fourth-order valence-electron chi connectivity index (χ4n) is 3.63. The Morgan fingerprint density at radius 1 is 1.20 bits per heavy atom. The Labute approximate surface area is 176 Å². The Bertz CT molecular complexity index is 1040. The number of benzene rings is 1. The van der Waals surface area contributed by atoms with Gasteiger partial charge in [-0.3, -0.25) is 4.79 Å². The fraction of sp³-hybridized carbons (Fsp3) is 0.348. The Morgan fingerprint density at radius 3 is 2.57 bits per heavy atom. The number of hydrogen-bond acceptors (Lipinski definition) is 4. The molecule has 0 atom stereocenters. The van der Waals surface area contributed by atoms with Gasteiger partial charge in [-0.25, -0.2) is 14.4 Å². The molecule has 0 unspecified atom stereocenters. The maximum atomic E-state index is 14.6. The maximum Gasteiger partial charge on any atom is 0.274 e. The minimum atomic E-state index is -0.301. The second-order valence-electron chi connectivity index (χ2n) is 8.06. The van der Waals surface area contributed by atoms with E-state index in [2.05, 4.69) is 9.97 Å². The highest BCUT2D eigenvalue weighted by atomic mass is 19.1. The van der Waals surface area contributed by atoms with Gasteiger partial charge in [0.25, 0.3) is 5.91 Å². The molecule has 0 N–H and O–H groups in total. The Balaban J connectivity index is 1.61. The molecular formula is C23H26FN5O. The van der Waals surface area contributed by atoms with Gasteiger partial charge < -0.3 is 14.4 Å². The van der Waals surface area contributed by atoms with Crippen molar-refractivity contribution in [1.29, 1.82) is 0 Å². The van der Waals surface area contributed by atoms with E-state index in [1.807, 2.05) is 49.1 Å². The molecule has 30 heavy (non-hydrogen) atoms. The van der Waals surface area contributed by atoms with Crippen LogP contribution in [0.3, 0.4) is 0 Å². The standard InChI is InChI=1S/C23H26FN5O/c1-27(2)22-10-8-17(12-25-22)19-11-16(7-9-20(19)24)13-29(18-5-4-6-18)23(30)21-14-28(3)15-26-21/h7-12,14-15,18H,4-6,13H2,1-3H3. The van der Waals surface area contributed by atoms with E-state index < -0.39 is 0 Å². The van der Waals surface area contributed by atoms with Crippen molar-refractivity contribution in [3.05, 3.63) is 66.1 Å². The summed E-state index contributed by atoms with van der Waals surface area (Å²) in [7, 11) is 5.67. The van der Waals surface area contributed by atoms with Gasteiger partial charge in [0.15, 0.2) is 0 Å². The van der Waals surface area contributed by atoms with Gasteiger partial charge in [0.2, 0.25) is 0 Å². The first-order chi connectivity index (χ1) is 14.4. The van der Waals surface area contributed by atoms with Crippen molar-refractivity contribution in [3.63, 3.8) is 0 Å². The highest BCUT2D eigenvalue weighted by Gasteiger charge is 2.30. The molecule has 0 bridgehead atoms. The maximum absolute atomic E-state index is 14.6. The third-order valence-electron chi connectivity index (χ3n) is 5.60. The summed E-state index contributed by atoms with van der Waals surface area (Å²) in [5.41, 5.74) is 2.53. The van der Waals surface area contributed by atoms with Crippen LogP contribution < -0.4 is 4.90 Å². The number of imidazole rings is 1. The van der Waals surface area contributed by atoms with Gasteiger partial charge in [0.05, 0.1) is 6.33 Å². The van der Waals surface area contributed by atoms with Crippen LogP contribution in [0.2, 0.25) is 0 Å². The molecule has 1 aliphatic carbocycles.